The third kappa shape index (κ3) is 6.39. The second kappa shape index (κ2) is 10.3. The summed E-state index contributed by atoms with van der Waals surface area (Å²) >= 11 is 0. The number of amides is 2. The molecule has 0 heterocycles. The van der Waals surface area contributed by atoms with Gasteiger partial charge >= 0.3 is 0 Å². The molecule has 2 aromatic carbocycles. The average molecular weight is 340 g/mol. The molecule has 25 heavy (non-hydrogen) atoms. The van der Waals surface area contributed by atoms with Gasteiger partial charge in [0.15, 0.2) is 0 Å². The highest BCUT2D eigenvalue weighted by molar-refractivity contribution is 5.94. The number of hydrogen-bond acceptors (Lipinski definition) is 3. The largest absolute Gasteiger partial charge is 0.394 e. The first-order valence-electron chi connectivity index (χ1n) is 8.50. The van der Waals surface area contributed by atoms with Crippen molar-refractivity contribution in [2.45, 2.75) is 25.3 Å². The van der Waals surface area contributed by atoms with Gasteiger partial charge in [-0.2, -0.15) is 0 Å². The highest BCUT2D eigenvalue weighted by Gasteiger charge is 2.12. The van der Waals surface area contributed by atoms with E-state index in [0.717, 1.165) is 12.8 Å². The second-order valence-corrected chi connectivity index (χ2v) is 5.84. The molecule has 2 amide bonds. The summed E-state index contributed by atoms with van der Waals surface area (Å²) in [7, 11) is 0. The number of carbonyl (C=O) groups excluding carboxylic acids is 2. The predicted molar refractivity (Wildman–Crippen MR) is 97.4 cm³/mol. The molecule has 132 valence electrons. The van der Waals surface area contributed by atoms with Gasteiger partial charge in [-0.25, -0.2) is 0 Å². The molecule has 0 aliphatic rings. The Morgan fingerprint density at radius 1 is 0.840 bits per heavy atom. The number of carbonyl (C=O) groups is 2. The van der Waals surface area contributed by atoms with Crippen LogP contribution in [-0.2, 0) is 0 Å². The molecular formula is C20H24N2O3. The van der Waals surface area contributed by atoms with E-state index in [1.165, 1.54) is 0 Å². The Morgan fingerprint density at radius 2 is 1.40 bits per heavy atom. The van der Waals surface area contributed by atoms with Crippen molar-refractivity contribution < 1.29 is 14.7 Å². The van der Waals surface area contributed by atoms with Crippen LogP contribution in [0.3, 0.4) is 0 Å². The van der Waals surface area contributed by atoms with Crippen LogP contribution in [0.1, 0.15) is 40.0 Å². The van der Waals surface area contributed by atoms with Gasteiger partial charge in [-0.15, -0.1) is 0 Å². The van der Waals surface area contributed by atoms with E-state index >= 15 is 0 Å². The molecule has 0 aromatic heterocycles. The molecule has 2 rings (SSSR count). The summed E-state index contributed by atoms with van der Waals surface area (Å²) in [5.41, 5.74) is 1.22. The van der Waals surface area contributed by atoms with Crippen molar-refractivity contribution in [1.82, 2.24) is 10.6 Å². The summed E-state index contributed by atoms with van der Waals surface area (Å²) in [5.74, 6) is -0.270. The molecule has 5 nitrogen and oxygen atoms in total. The number of unbranched alkanes of at least 4 members (excludes halogenated alkanes) is 1. The lowest BCUT2D eigenvalue weighted by molar-refractivity contribution is 0.0912. The third-order valence-electron chi connectivity index (χ3n) is 3.89. The van der Waals surface area contributed by atoms with Gasteiger partial charge in [-0.1, -0.05) is 36.4 Å². The molecule has 0 aliphatic heterocycles. The first-order chi connectivity index (χ1) is 12.2. The lowest BCUT2D eigenvalue weighted by Crippen LogP contribution is -2.37. The van der Waals surface area contributed by atoms with E-state index in [-0.39, 0.29) is 24.5 Å². The molecule has 5 heteroatoms. The molecule has 0 unspecified atom stereocenters. The molecule has 0 radical (unpaired) electrons. The minimum Gasteiger partial charge on any atom is -0.394 e. The summed E-state index contributed by atoms with van der Waals surface area (Å²) in [5, 5.41) is 15.1. The van der Waals surface area contributed by atoms with E-state index in [1.54, 1.807) is 36.4 Å². The fourth-order valence-electron chi connectivity index (χ4n) is 2.48. The number of hydrogen-bond donors (Lipinski definition) is 3. The molecule has 1 atom stereocenters. The minimum atomic E-state index is -0.280. The summed E-state index contributed by atoms with van der Waals surface area (Å²) in [6, 6.07) is 17.7. The Balaban J connectivity index is 1.66. The zero-order chi connectivity index (χ0) is 17.9. The van der Waals surface area contributed by atoms with Gasteiger partial charge in [-0.3, -0.25) is 9.59 Å². The number of rotatable bonds is 9. The summed E-state index contributed by atoms with van der Waals surface area (Å²) in [6.07, 6.45) is 2.25. The van der Waals surface area contributed by atoms with Crippen LogP contribution in [0.2, 0.25) is 0 Å². The lowest BCUT2D eigenvalue weighted by atomic mass is 10.1. The SMILES string of the molecule is O=C(NCCCC[C@@H](CO)NC(=O)c1ccccc1)c1ccccc1. The van der Waals surface area contributed by atoms with Crippen LogP contribution >= 0.6 is 0 Å². The first-order valence-corrected chi connectivity index (χ1v) is 8.50. The lowest BCUT2D eigenvalue weighted by Gasteiger charge is -2.16. The van der Waals surface area contributed by atoms with Gasteiger partial charge < -0.3 is 15.7 Å². The zero-order valence-corrected chi connectivity index (χ0v) is 14.2. The number of aliphatic hydroxyl groups is 1. The van der Waals surface area contributed by atoms with Crippen molar-refractivity contribution in [2.24, 2.45) is 0 Å². The zero-order valence-electron chi connectivity index (χ0n) is 14.2. The quantitative estimate of drug-likeness (QED) is 0.613. The molecule has 0 saturated heterocycles. The number of aliphatic hydroxyl groups excluding tert-OH is 1. The van der Waals surface area contributed by atoms with Crippen LogP contribution in [0.25, 0.3) is 0 Å². The molecule has 0 fully saturated rings. The van der Waals surface area contributed by atoms with Crippen LogP contribution in [-0.4, -0.2) is 36.1 Å². The van der Waals surface area contributed by atoms with E-state index in [0.29, 0.717) is 24.1 Å². The normalized spacial score (nSPS) is 11.6. The average Bonchev–Trinajstić information content (AvgIpc) is 2.67. The van der Waals surface area contributed by atoms with Crippen molar-refractivity contribution in [1.29, 1.82) is 0 Å². The molecule has 3 N–H and O–H groups in total. The van der Waals surface area contributed by atoms with Gasteiger partial charge in [0, 0.05) is 17.7 Å². The third-order valence-corrected chi connectivity index (χ3v) is 3.89. The van der Waals surface area contributed by atoms with Crippen molar-refractivity contribution in [3.05, 3.63) is 71.8 Å². The Labute approximate surface area is 148 Å². The molecule has 0 spiro atoms. The molecule has 0 saturated carbocycles. The predicted octanol–water partition coefficient (Wildman–Crippen LogP) is 2.38. The van der Waals surface area contributed by atoms with Crippen LogP contribution in [0.5, 0.6) is 0 Å². The Bertz CT molecular complexity index is 659. The second-order valence-electron chi connectivity index (χ2n) is 5.84. The topological polar surface area (TPSA) is 78.4 Å². The van der Waals surface area contributed by atoms with Crippen LogP contribution in [0, 0.1) is 0 Å². The van der Waals surface area contributed by atoms with Crippen molar-refractivity contribution in [2.75, 3.05) is 13.2 Å². The number of benzene rings is 2. The maximum atomic E-state index is 12.1. The fourth-order valence-corrected chi connectivity index (χ4v) is 2.48. The Morgan fingerprint density at radius 3 is 1.96 bits per heavy atom. The van der Waals surface area contributed by atoms with Gasteiger partial charge in [0.05, 0.1) is 12.6 Å². The maximum Gasteiger partial charge on any atom is 0.251 e. The highest BCUT2D eigenvalue weighted by Crippen LogP contribution is 2.04. The van der Waals surface area contributed by atoms with E-state index in [1.807, 2.05) is 24.3 Å². The summed E-state index contributed by atoms with van der Waals surface area (Å²) in [6.45, 7) is 0.466. The Hall–Kier alpha value is -2.66. The molecule has 2 aromatic rings. The van der Waals surface area contributed by atoms with Crippen molar-refractivity contribution in [3.63, 3.8) is 0 Å². The number of nitrogens with one attached hydrogen (secondary N) is 2. The van der Waals surface area contributed by atoms with Gasteiger partial charge in [0.25, 0.3) is 11.8 Å². The molecular weight excluding hydrogens is 316 g/mol. The van der Waals surface area contributed by atoms with Gasteiger partial charge in [0.1, 0.15) is 0 Å². The van der Waals surface area contributed by atoms with E-state index in [2.05, 4.69) is 10.6 Å². The van der Waals surface area contributed by atoms with Gasteiger partial charge in [-0.05, 0) is 43.5 Å². The fraction of sp³-hybridized carbons (Fsp3) is 0.300. The van der Waals surface area contributed by atoms with Crippen LogP contribution in [0.15, 0.2) is 60.7 Å². The smallest absolute Gasteiger partial charge is 0.251 e. The van der Waals surface area contributed by atoms with Crippen LogP contribution in [0.4, 0.5) is 0 Å². The van der Waals surface area contributed by atoms with Crippen molar-refractivity contribution >= 4 is 11.8 Å². The van der Waals surface area contributed by atoms with Crippen LogP contribution < -0.4 is 10.6 Å². The molecule has 0 bridgehead atoms. The summed E-state index contributed by atoms with van der Waals surface area (Å²) in [4.78, 5) is 24.0. The summed E-state index contributed by atoms with van der Waals surface area (Å²) < 4.78 is 0. The molecule has 0 aliphatic carbocycles. The van der Waals surface area contributed by atoms with E-state index in [4.69, 9.17) is 0 Å². The monoisotopic (exact) mass is 340 g/mol. The van der Waals surface area contributed by atoms with Crippen molar-refractivity contribution in [3.8, 4) is 0 Å². The standard InChI is InChI=1S/C20H24N2O3/c23-15-18(22-20(25)17-11-5-2-6-12-17)13-7-8-14-21-19(24)16-9-3-1-4-10-16/h1-6,9-12,18,23H,7-8,13-15H2,(H,21,24)(H,22,25)/t18-/m0/s1. The first kappa shape index (κ1) is 18.7. The highest BCUT2D eigenvalue weighted by atomic mass is 16.3. The maximum absolute atomic E-state index is 12.1. The Kier molecular flexibility index (Phi) is 7.66. The van der Waals surface area contributed by atoms with Gasteiger partial charge in [0.2, 0.25) is 0 Å². The van der Waals surface area contributed by atoms with E-state index < -0.39 is 0 Å². The minimum absolute atomic E-state index is 0.0864. The van der Waals surface area contributed by atoms with E-state index in [9.17, 15) is 14.7 Å².